The molecule has 0 aliphatic carbocycles. The van der Waals surface area contributed by atoms with Crippen LogP contribution in [-0.4, -0.2) is 26.1 Å². The maximum Gasteiger partial charge on any atom is 0.226 e. The first kappa shape index (κ1) is 15.1. The number of rotatable bonds is 4. The molecule has 6 nitrogen and oxygen atoms in total. The van der Waals surface area contributed by atoms with Crippen LogP contribution in [0, 0.1) is 5.82 Å². The number of nitrogens with one attached hydrogen (secondary N) is 1. The van der Waals surface area contributed by atoms with Crippen LogP contribution >= 0.6 is 0 Å². The van der Waals surface area contributed by atoms with Crippen molar-refractivity contribution in [3.8, 4) is 0 Å². The normalized spacial score (nSPS) is 11.4. The molecule has 1 aromatic heterocycles. The Morgan fingerprint density at radius 3 is 2.81 bits per heavy atom. The number of anilines is 1. The van der Waals surface area contributed by atoms with E-state index in [-0.39, 0.29) is 23.6 Å². The third-order valence-electron chi connectivity index (χ3n) is 2.86. The second kappa shape index (κ2) is 5.99. The summed E-state index contributed by atoms with van der Waals surface area (Å²) < 4.78 is 14.6. The predicted octanol–water partition coefficient (Wildman–Crippen LogP) is 2.14. The van der Waals surface area contributed by atoms with Crippen LogP contribution in [0.5, 0.6) is 0 Å². The lowest BCUT2D eigenvalue weighted by molar-refractivity contribution is -0.116. The first-order valence-electron chi connectivity index (χ1n) is 6.68. The van der Waals surface area contributed by atoms with E-state index >= 15 is 0 Å². The predicted molar refractivity (Wildman–Crippen MR) is 76.2 cm³/mol. The number of amides is 1. The van der Waals surface area contributed by atoms with Crippen LogP contribution in [-0.2, 0) is 16.8 Å². The number of benzene rings is 1. The Hall–Kier alpha value is -2.31. The Bertz CT molecular complexity index is 632. The van der Waals surface area contributed by atoms with Crippen LogP contribution in [0.4, 0.5) is 10.1 Å². The molecule has 0 fully saturated rings. The zero-order valence-electron chi connectivity index (χ0n) is 12.3. The molecule has 112 valence electrons. The Kier molecular flexibility index (Phi) is 4.30. The molecule has 0 aliphatic rings. The number of halogens is 1. The number of hydrogen-bond acceptors (Lipinski definition) is 4. The fraction of sp³-hybridized carbons (Fsp3) is 0.429. The number of carbonyl (C=O) groups excluding carboxylic acids is 1. The van der Waals surface area contributed by atoms with E-state index in [2.05, 4.69) is 20.8 Å². The molecule has 0 aliphatic heterocycles. The fourth-order valence-electron chi connectivity index (χ4n) is 1.89. The molecule has 1 heterocycles. The lowest BCUT2D eigenvalue weighted by atomic mass is 9.96. The molecule has 0 saturated carbocycles. The van der Waals surface area contributed by atoms with Gasteiger partial charge in [-0.05, 0) is 28.6 Å². The van der Waals surface area contributed by atoms with Crippen molar-refractivity contribution in [2.24, 2.45) is 0 Å². The second-order valence-corrected chi connectivity index (χ2v) is 5.78. The third-order valence-corrected chi connectivity index (χ3v) is 2.86. The summed E-state index contributed by atoms with van der Waals surface area (Å²) in [5.74, 6) is 0.125. The van der Waals surface area contributed by atoms with E-state index in [1.165, 1.54) is 12.1 Å². The Morgan fingerprint density at radius 1 is 1.38 bits per heavy atom. The van der Waals surface area contributed by atoms with E-state index in [4.69, 9.17) is 0 Å². The first-order valence-corrected chi connectivity index (χ1v) is 6.68. The minimum Gasteiger partial charge on any atom is -0.326 e. The van der Waals surface area contributed by atoms with Gasteiger partial charge in [0.25, 0.3) is 0 Å². The highest BCUT2D eigenvalue weighted by Crippen LogP contribution is 2.18. The summed E-state index contributed by atoms with van der Waals surface area (Å²) in [5.41, 5.74) is 0.246. The van der Waals surface area contributed by atoms with Crippen LogP contribution in [0.2, 0.25) is 0 Å². The van der Waals surface area contributed by atoms with Gasteiger partial charge in [-0.25, -0.2) is 9.07 Å². The minimum atomic E-state index is -0.386. The molecule has 21 heavy (non-hydrogen) atoms. The molecule has 1 N–H and O–H groups in total. The largest absolute Gasteiger partial charge is 0.326 e. The monoisotopic (exact) mass is 291 g/mol. The van der Waals surface area contributed by atoms with E-state index in [1.807, 2.05) is 20.8 Å². The maximum atomic E-state index is 13.0. The van der Waals surface area contributed by atoms with Crippen LogP contribution < -0.4 is 5.32 Å². The molecular weight excluding hydrogens is 273 g/mol. The Balaban J connectivity index is 1.95. The van der Waals surface area contributed by atoms with Gasteiger partial charge in [0.2, 0.25) is 5.91 Å². The van der Waals surface area contributed by atoms with Crippen LogP contribution in [0.1, 0.15) is 33.0 Å². The summed E-state index contributed by atoms with van der Waals surface area (Å²) >= 11 is 0. The topological polar surface area (TPSA) is 72.7 Å². The summed E-state index contributed by atoms with van der Waals surface area (Å²) in [5, 5.41) is 14.2. The lowest BCUT2D eigenvalue weighted by Crippen LogP contribution is -2.22. The molecule has 1 amide bonds. The molecule has 0 spiro atoms. The van der Waals surface area contributed by atoms with Crippen molar-refractivity contribution < 1.29 is 9.18 Å². The smallest absolute Gasteiger partial charge is 0.226 e. The number of aromatic nitrogens is 4. The van der Waals surface area contributed by atoms with E-state index in [0.717, 1.165) is 5.82 Å². The van der Waals surface area contributed by atoms with E-state index < -0.39 is 0 Å². The Labute approximate surface area is 122 Å². The van der Waals surface area contributed by atoms with Gasteiger partial charge >= 0.3 is 0 Å². The van der Waals surface area contributed by atoms with Crippen molar-refractivity contribution in [1.29, 1.82) is 0 Å². The van der Waals surface area contributed by atoms with Crippen molar-refractivity contribution in [3.05, 3.63) is 35.9 Å². The highest BCUT2D eigenvalue weighted by Gasteiger charge is 2.22. The van der Waals surface area contributed by atoms with E-state index in [9.17, 15) is 9.18 Å². The number of carbonyl (C=O) groups is 1. The molecule has 0 atom stereocenters. The highest BCUT2D eigenvalue weighted by atomic mass is 19.1. The first-order chi connectivity index (χ1) is 9.86. The third kappa shape index (κ3) is 4.08. The van der Waals surface area contributed by atoms with Crippen molar-refractivity contribution in [2.45, 2.75) is 39.2 Å². The van der Waals surface area contributed by atoms with Gasteiger partial charge in [0, 0.05) is 17.5 Å². The quantitative estimate of drug-likeness (QED) is 0.936. The van der Waals surface area contributed by atoms with Gasteiger partial charge in [0.15, 0.2) is 5.82 Å². The summed E-state index contributed by atoms with van der Waals surface area (Å²) in [6.45, 7) is 6.38. The number of aryl methyl sites for hydroxylation is 1. The molecule has 7 heteroatoms. The molecule has 0 bridgehead atoms. The number of hydrogen-bond donors (Lipinski definition) is 1. The summed E-state index contributed by atoms with van der Waals surface area (Å²) in [6, 6.07) is 5.78. The summed E-state index contributed by atoms with van der Waals surface area (Å²) in [7, 11) is 0. The van der Waals surface area contributed by atoms with Gasteiger partial charge < -0.3 is 5.32 Å². The molecule has 0 radical (unpaired) electrons. The van der Waals surface area contributed by atoms with Gasteiger partial charge in [0.1, 0.15) is 5.82 Å². The van der Waals surface area contributed by atoms with Crippen LogP contribution in [0.3, 0.4) is 0 Å². The zero-order chi connectivity index (χ0) is 15.5. The molecule has 2 rings (SSSR count). The van der Waals surface area contributed by atoms with Gasteiger partial charge in [-0.3, -0.25) is 4.79 Å². The molecule has 1 aromatic carbocycles. The summed E-state index contributed by atoms with van der Waals surface area (Å²) in [4.78, 5) is 11.9. The van der Waals surface area contributed by atoms with Gasteiger partial charge in [-0.2, -0.15) is 0 Å². The lowest BCUT2D eigenvalue weighted by Gasteiger charge is -2.16. The van der Waals surface area contributed by atoms with E-state index in [1.54, 1.807) is 16.8 Å². The SMILES string of the molecule is CC(C)(C)c1nnnn1CCC(=O)Nc1cccc(F)c1. The Morgan fingerprint density at radius 2 is 2.14 bits per heavy atom. The van der Waals surface area contributed by atoms with Gasteiger partial charge in [-0.1, -0.05) is 26.8 Å². The minimum absolute atomic E-state index is 0.192. The van der Waals surface area contributed by atoms with Crippen molar-refractivity contribution >= 4 is 11.6 Å². The number of nitrogens with zero attached hydrogens (tertiary/aromatic N) is 4. The standard InChI is InChI=1S/C14H18FN5O/c1-14(2,3)13-17-18-19-20(13)8-7-12(21)16-11-6-4-5-10(15)9-11/h4-6,9H,7-8H2,1-3H3,(H,16,21). The molecule has 2 aromatic rings. The molecule has 0 saturated heterocycles. The van der Waals surface area contributed by atoms with Gasteiger partial charge in [-0.15, -0.1) is 5.10 Å². The van der Waals surface area contributed by atoms with Crippen molar-refractivity contribution in [2.75, 3.05) is 5.32 Å². The summed E-state index contributed by atoms with van der Waals surface area (Å²) in [6.07, 6.45) is 0.213. The van der Waals surface area contributed by atoms with Crippen molar-refractivity contribution in [3.63, 3.8) is 0 Å². The maximum absolute atomic E-state index is 13.0. The molecule has 0 unspecified atom stereocenters. The second-order valence-electron chi connectivity index (χ2n) is 5.78. The average molecular weight is 291 g/mol. The van der Waals surface area contributed by atoms with Gasteiger partial charge in [0.05, 0.1) is 6.54 Å². The highest BCUT2D eigenvalue weighted by molar-refractivity contribution is 5.90. The molecular formula is C14H18FN5O. The van der Waals surface area contributed by atoms with E-state index in [0.29, 0.717) is 12.2 Å². The number of tetrazole rings is 1. The zero-order valence-corrected chi connectivity index (χ0v) is 12.3. The average Bonchev–Trinajstić information content (AvgIpc) is 2.84. The van der Waals surface area contributed by atoms with Crippen LogP contribution in [0.25, 0.3) is 0 Å². The fourth-order valence-corrected chi connectivity index (χ4v) is 1.89. The van der Waals surface area contributed by atoms with Crippen molar-refractivity contribution in [1.82, 2.24) is 20.2 Å². The van der Waals surface area contributed by atoms with Crippen LogP contribution in [0.15, 0.2) is 24.3 Å².